The summed E-state index contributed by atoms with van der Waals surface area (Å²) in [6.45, 7) is 15.2. The van der Waals surface area contributed by atoms with E-state index in [1.807, 2.05) is 22.0 Å². The lowest BCUT2D eigenvalue weighted by atomic mass is 9.86. The zero-order valence-corrected chi connectivity index (χ0v) is 71.1. The average molecular weight is 1760 g/mol. The van der Waals surface area contributed by atoms with Gasteiger partial charge in [-0.05, 0) is 173 Å². The van der Waals surface area contributed by atoms with Crippen molar-refractivity contribution in [1.82, 2.24) is 90.4 Å². The molecule has 8 aliphatic rings. The van der Waals surface area contributed by atoms with E-state index in [0.29, 0.717) is 115 Å². The number of benzene rings is 4. The number of halogens is 6. The molecular formula is C84H92F6N18O10S4. The topological polar surface area (TPSA) is 306 Å². The number of fused-ring (bicyclic) bond motifs is 4. The normalized spacial score (nSPS) is 20.4. The largest absolute Gasteiger partial charge is 0.433 e. The second-order valence-corrected chi connectivity index (χ2v) is 35.5. The van der Waals surface area contributed by atoms with Crippen LogP contribution in [-0.2, 0) is 54.1 Å². The molecule has 4 atom stereocenters. The Labute approximate surface area is 714 Å². The molecule has 0 aliphatic carbocycles. The van der Waals surface area contributed by atoms with Gasteiger partial charge in [-0.15, -0.1) is 45.3 Å². The highest BCUT2D eigenvalue weighted by Gasteiger charge is 2.57. The Morgan fingerprint density at radius 2 is 0.607 bits per heavy atom. The number of urea groups is 4. The number of alkyl halides is 6. The van der Waals surface area contributed by atoms with Crippen molar-refractivity contribution in [1.29, 1.82) is 0 Å². The van der Waals surface area contributed by atoms with Gasteiger partial charge in [-0.1, -0.05) is 36.4 Å². The zero-order valence-electron chi connectivity index (χ0n) is 67.8. The molecule has 0 radical (unpaired) electrons. The number of likely N-dealkylation sites (tertiary alicyclic amines) is 4. The first-order chi connectivity index (χ1) is 58.4. The average Bonchev–Trinajstić information content (AvgIpc) is 1.61. The Bertz CT molecular complexity index is 5190. The molecule has 6 aromatic heterocycles. The Balaban J connectivity index is 0.000000127. The summed E-state index contributed by atoms with van der Waals surface area (Å²) in [4.78, 5) is 140. The number of amides is 12. The monoisotopic (exact) mass is 1750 g/mol. The van der Waals surface area contributed by atoms with Crippen LogP contribution in [0.5, 0.6) is 0 Å². The van der Waals surface area contributed by atoms with Gasteiger partial charge in [0.25, 0.3) is 23.6 Å². The van der Waals surface area contributed by atoms with E-state index >= 15 is 0 Å². The number of pyridine rings is 2. The van der Waals surface area contributed by atoms with E-state index in [2.05, 4.69) is 171 Å². The highest BCUT2D eigenvalue weighted by molar-refractivity contribution is 7.17. The minimum absolute atomic E-state index is 0.110. The minimum Gasteiger partial charge on any atom is -0.383 e. The van der Waals surface area contributed by atoms with Crippen LogP contribution >= 0.6 is 45.3 Å². The van der Waals surface area contributed by atoms with Crippen LogP contribution in [-0.4, -0.2) is 232 Å². The number of methoxy groups -OCH3 is 2. The molecule has 4 spiro atoms. The predicted octanol–water partition coefficient (Wildman–Crippen LogP) is 13.5. The van der Waals surface area contributed by atoms with Crippen LogP contribution in [0.15, 0.2) is 131 Å². The standard InChI is InChI=1S/2C23H22F3N5O2S.2C19H24N4O3S/c2*1-14(16-3-4-18-17(10-16)28-13-34-18)30-8-6-22(7-9-30)20(32)31(21(33)29-22)12-15-2-5-19(27-11-15)23(24,25)26;2*1-13(14-3-4-16-15(11-14)20-12-27-16)22-7-5-19(6-8-22)17(24)23(9-10-26-2)18(25)21-19/h2*2-5,10-11,13-14H,6-9,12H2,1H3,(H,29,33);2*3-4,11-13H,5-10H2,1-2H3,(H,21,25)/t2*14-;2*13-/m1010/s1. The van der Waals surface area contributed by atoms with E-state index in [1.165, 1.54) is 42.5 Å². The summed E-state index contributed by atoms with van der Waals surface area (Å²) >= 11 is 6.49. The molecule has 4 aromatic carbocycles. The van der Waals surface area contributed by atoms with E-state index in [9.17, 15) is 64.7 Å². The number of carbonyl (C=O) groups excluding carboxylic acids is 8. The van der Waals surface area contributed by atoms with Crippen molar-refractivity contribution in [2.45, 2.75) is 151 Å². The fourth-order valence-corrected chi connectivity index (χ4v) is 20.0. The maximum Gasteiger partial charge on any atom is 0.433 e. The maximum absolute atomic E-state index is 13.2. The Hall–Kier alpha value is -10.2. The van der Waals surface area contributed by atoms with Crippen molar-refractivity contribution < 1.29 is 74.2 Å². The highest BCUT2D eigenvalue weighted by Crippen LogP contribution is 2.41. The molecule has 122 heavy (non-hydrogen) atoms. The van der Waals surface area contributed by atoms with Gasteiger partial charge in [-0.2, -0.15) is 26.3 Å². The second kappa shape index (κ2) is 35.6. The summed E-state index contributed by atoms with van der Waals surface area (Å²) in [7, 11) is 3.13. The molecule has 0 bridgehead atoms. The van der Waals surface area contributed by atoms with Gasteiger partial charge >= 0.3 is 36.5 Å². The van der Waals surface area contributed by atoms with E-state index in [0.717, 1.165) is 103 Å². The number of nitrogens with one attached hydrogen (secondary N) is 4. The third-order valence-electron chi connectivity index (χ3n) is 25.1. The van der Waals surface area contributed by atoms with Gasteiger partial charge in [0.2, 0.25) is 0 Å². The molecule has 0 saturated carbocycles. The zero-order chi connectivity index (χ0) is 86.2. The Morgan fingerprint density at radius 3 is 0.836 bits per heavy atom. The van der Waals surface area contributed by atoms with Crippen LogP contribution in [0.25, 0.3) is 40.9 Å². The fourth-order valence-electron chi connectivity index (χ4n) is 17.4. The molecule has 38 heteroatoms. The van der Waals surface area contributed by atoms with E-state index in [-0.39, 0.29) is 72.9 Å². The lowest BCUT2D eigenvalue weighted by Gasteiger charge is -2.40. The maximum atomic E-state index is 13.2. The summed E-state index contributed by atoms with van der Waals surface area (Å²) < 4.78 is 91.1. The van der Waals surface area contributed by atoms with Crippen LogP contribution in [0.4, 0.5) is 45.5 Å². The number of ether oxygens (including phenoxy) is 2. The van der Waals surface area contributed by atoms with Crippen LogP contribution in [0.3, 0.4) is 0 Å². The van der Waals surface area contributed by atoms with Crippen LogP contribution in [0.1, 0.15) is 148 Å². The SMILES string of the molecule is COCCN1C(=O)NC2(CCN([C@@H](C)c3ccc4scnc4c3)CC2)C1=O.COCCN1C(=O)NC2(CCN([C@H](C)c3ccc4scnc4c3)CC2)C1=O.C[C@@H](c1ccc2scnc2c1)N1CCC2(CC1)NC(=O)N(Cc1ccc(C(F)(F)F)nc1)C2=O.C[C@H](c1ccc2scnc2c1)N1CCC2(CC1)NC(=O)N(Cc1ccc(C(F)(F)F)nc1)C2=O. The van der Waals surface area contributed by atoms with Gasteiger partial charge in [0.1, 0.15) is 33.5 Å². The first-order valence-corrected chi connectivity index (χ1v) is 43.8. The second-order valence-electron chi connectivity index (χ2n) is 32.0. The third-order valence-corrected chi connectivity index (χ3v) is 28.3. The first kappa shape index (κ1) is 86.8. The van der Waals surface area contributed by atoms with Crippen molar-refractivity contribution in [3.63, 3.8) is 0 Å². The van der Waals surface area contributed by atoms with Gasteiger partial charge in [0, 0.05) is 103 Å². The number of hydrogen-bond donors (Lipinski definition) is 4. The molecule has 644 valence electrons. The molecule has 28 nitrogen and oxygen atoms in total. The number of nitrogens with zero attached hydrogens (tertiary/aromatic N) is 14. The van der Waals surface area contributed by atoms with Gasteiger partial charge in [-0.3, -0.25) is 68.3 Å². The quantitative estimate of drug-likeness (QED) is 0.0458. The minimum atomic E-state index is -4.54. The van der Waals surface area contributed by atoms with Crippen molar-refractivity contribution in [3.8, 4) is 0 Å². The van der Waals surface area contributed by atoms with Crippen LogP contribution in [0, 0.1) is 0 Å². The molecule has 10 aromatic rings. The number of rotatable bonds is 18. The van der Waals surface area contributed by atoms with Crippen LogP contribution in [0.2, 0.25) is 0 Å². The molecule has 8 fully saturated rings. The van der Waals surface area contributed by atoms with Gasteiger partial charge in [0.15, 0.2) is 0 Å². The molecular weight excluding hydrogens is 1660 g/mol. The molecule has 4 N–H and O–H groups in total. The lowest BCUT2D eigenvalue weighted by molar-refractivity contribution is -0.142. The molecule has 18 rings (SSSR count). The molecule has 8 saturated heterocycles. The summed E-state index contributed by atoms with van der Waals surface area (Å²) in [5.74, 6) is -0.899. The first-order valence-electron chi connectivity index (χ1n) is 40.3. The highest BCUT2D eigenvalue weighted by atomic mass is 32.1. The fraction of sp³-hybridized carbons (Fsp3) is 0.452. The van der Waals surface area contributed by atoms with Crippen molar-refractivity contribution >= 4 is 134 Å². The molecule has 8 aliphatic heterocycles. The number of hydrogen-bond acceptors (Lipinski definition) is 24. The summed E-state index contributed by atoms with van der Waals surface area (Å²) in [6, 6.07) is 28.6. The molecule has 12 amide bonds. The Morgan fingerprint density at radius 1 is 0.361 bits per heavy atom. The third kappa shape index (κ3) is 17.9. The number of carbonyl (C=O) groups is 8. The number of thiazole rings is 4. The van der Waals surface area contributed by atoms with Gasteiger partial charge in [-0.25, -0.2) is 39.1 Å². The number of imide groups is 4. The number of piperidine rings is 4. The molecule has 14 heterocycles. The molecule has 0 unspecified atom stereocenters. The van der Waals surface area contributed by atoms with Gasteiger partial charge < -0.3 is 30.7 Å². The summed E-state index contributed by atoms with van der Waals surface area (Å²) in [5.41, 5.74) is 11.4. The van der Waals surface area contributed by atoms with E-state index < -0.39 is 58.0 Å². The predicted molar refractivity (Wildman–Crippen MR) is 447 cm³/mol. The summed E-state index contributed by atoms with van der Waals surface area (Å²) in [6.07, 6.45) is -2.61. The van der Waals surface area contributed by atoms with E-state index in [4.69, 9.17) is 9.47 Å². The lowest BCUT2D eigenvalue weighted by Crippen LogP contribution is -2.55. The van der Waals surface area contributed by atoms with Crippen molar-refractivity contribution in [3.05, 3.63) is 176 Å². The van der Waals surface area contributed by atoms with Crippen LogP contribution < -0.4 is 21.3 Å². The number of aromatic nitrogens is 6. The van der Waals surface area contributed by atoms with Crippen molar-refractivity contribution in [2.24, 2.45) is 0 Å². The van der Waals surface area contributed by atoms with Gasteiger partial charge in [0.05, 0.1) is 102 Å². The Kier molecular flexibility index (Phi) is 25.3. The van der Waals surface area contributed by atoms with Crippen molar-refractivity contribution in [2.75, 3.05) is 92.9 Å². The summed E-state index contributed by atoms with van der Waals surface area (Å²) in [5, 5.41) is 11.6. The van der Waals surface area contributed by atoms with E-state index in [1.54, 1.807) is 59.6 Å². The smallest absolute Gasteiger partial charge is 0.383 e.